The number of benzene rings is 4. The van der Waals surface area contributed by atoms with Crippen molar-refractivity contribution in [3.05, 3.63) is 59.7 Å². The molecule has 4 rings (SSSR count). The predicted octanol–water partition coefficient (Wildman–Crippen LogP) is 2.74. The zero-order valence-corrected chi connectivity index (χ0v) is 26.1. The molecule has 0 heterocycles. The van der Waals surface area contributed by atoms with E-state index in [9.17, 15) is 62.1 Å². The zero-order valence-electron chi connectivity index (χ0n) is 22.8. The normalized spacial score (nSPS) is 13.3. The molecule has 0 aliphatic heterocycles. The summed E-state index contributed by atoms with van der Waals surface area (Å²) in [6, 6.07) is 7.18. The molecule has 0 aliphatic carbocycles. The van der Waals surface area contributed by atoms with Crippen LogP contribution in [0.25, 0.3) is 10.8 Å². The Hall–Kier alpha value is -4.42. The van der Waals surface area contributed by atoms with Gasteiger partial charge in [0.2, 0.25) is 0 Å². The summed E-state index contributed by atoms with van der Waals surface area (Å²) >= 11 is 0. The number of aryl methyl sites for hydroxylation is 2. The van der Waals surface area contributed by atoms with E-state index in [1.54, 1.807) is 0 Å². The standard InChI is InChI=1S/C24H20N4O14S4/c1-11-3-5-14(16(7-11)43(31,32)33)25-27-21-18(45(37,38)39)9-13-10-19(46(40,41)42)22(24(30)20(13)23(21)29)28-26-15-6-4-12(2)8-17(15)44(34,35)36/h3-10,29-30H,1-2H3,(H,31,32,33)(H,34,35,36)(H,37,38,39)(H,40,41,42)/p-4. The summed E-state index contributed by atoms with van der Waals surface area (Å²) in [6.07, 6.45) is 0. The molecule has 244 valence electrons. The van der Waals surface area contributed by atoms with Crippen LogP contribution in [0.5, 0.6) is 11.5 Å². The van der Waals surface area contributed by atoms with Gasteiger partial charge in [0.05, 0.1) is 21.2 Å². The molecule has 0 saturated carbocycles. The molecule has 0 radical (unpaired) electrons. The molecule has 0 unspecified atom stereocenters. The van der Waals surface area contributed by atoms with Crippen molar-refractivity contribution in [3.8, 4) is 11.5 Å². The van der Waals surface area contributed by atoms with Crippen molar-refractivity contribution in [3.63, 3.8) is 0 Å². The van der Waals surface area contributed by atoms with Crippen LogP contribution >= 0.6 is 0 Å². The average Bonchev–Trinajstić information content (AvgIpc) is 2.90. The molecular weight excluding hydrogens is 697 g/mol. The largest absolute Gasteiger partial charge is 0.871 e. The molecule has 0 aromatic heterocycles. The fourth-order valence-corrected chi connectivity index (χ4v) is 6.73. The van der Waals surface area contributed by atoms with Gasteiger partial charge in [-0.3, -0.25) is 9.11 Å². The molecule has 0 saturated heterocycles. The van der Waals surface area contributed by atoms with Gasteiger partial charge < -0.3 is 19.3 Å². The van der Waals surface area contributed by atoms with Crippen LogP contribution in [0.1, 0.15) is 11.1 Å². The SMILES string of the molecule is Cc1ccc(N=Nc2c(S(=O)(=O)O)cc3cc(S(=O)(=O)O)c(N=Nc4ccc(C)cc4S(=O)(=O)[O-])c([O-])c3c2[O-])c(S(=O)(=O)[O-])c1. The van der Waals surface area contributed by atoms with Crippen LogP contribution < -0.4 is 10.2 Å². The first-order valence-electron chi connectivity index (χ1n) is 11.9. The van der Waals surface area contributed by atoms with Crippen molar-refractivity contribution >= 4 is 74.0 Å². The molecule has 46 heavy (non-hydrogen) atoms. The van der Waals surface area contributed by atoms with Gasteiger partial charge in [-0.15, -0.1) is 20.5 Å². The van der Waals surface area contributed by atoms with Crippen LogP contribution in [-0.4, -0.2) is 51.9 Å². The summed E-state index contributed by atoms with van der Waals surface area (Å²) < 4.78 is 138. The Kier molecular flexibility index (Phi) is 8.79. The van der Waals surface area contributed by atoms with Gasteiger partial charge in [0, 0.05) is 0 Å². The lowest BCUT2D eigenvalue weighted by molar-refractivity contribution is -0.274. The average molecular weight is 713 g/mol. The van der Waals surface area contributed by atoms with Crippen LogP contribution in [0.15, 0.2) is 88.6 Å². The van der Waals surface area contributed by atoms with Crippen LogP contribution in [-0.2, 0) is 40.5 Å². The number of nitrogens with zero attached hydrogens (tertiary/aromatic N) is 4. The maximum atomic E-state index is 13.5. The van der Waals surface area contributed by atoms with Gasteiger partial charge in [-0.05, 0) is 72.1 Å². The van der Waals surface area contributed by atoms with Gasteiger partial charge in [-0.25, -0.2) is 16.8 Å². The highest BCUT2D eigenvalue weighted by molar-refractivity contribution is 7.86. The first-order valence-corrected chi connectivity index (χ1v) is 17.6. The Morgan fingerprint density at radius 1 is 0.543 bits per heavy atom. The van der Waals surface area contributed by atoms with E-state index in [1.807, 2.05) is 0 Å². The van der Waals surface area contributed by atoms with Gasteiger partial charge in [0.1, 0.15) is 41.4 Å². The zero-order chi connectivity index (χ0) is 34.6. The summed E-state index contributed by atoms with van der Waals surface area (Å²) in [4.78, 5) is -4.52. The lowest BCUT2D eigenvalue weighted by Gasteiger charge is -2.23. The summed E-state index contributed by atoms with van der Waals surface area (Å²) in [7, 11) is -21.2. The molecule has 0 bridgehead atoms. The highest BCUT2D eigenvalue weighted by Gasteiger charge is 2.24. The number of rotatable bonds is 8. The third kappa shape index (κ3) is 7.02. The molecule has 4 aromatic rings. The van der Waals surface area contributed by atoms with Crippen LogP contribution in [0.3, 0.4) is 0 Å². The van der Waals surface area contributed by atoms with E-state index in [0.717, 1.165) is 24.3 Å². The molecular formula is C24H16N4O14S4-4. The second-order valence-electron chi connectivity index (χ2n) is 9.40. The maximum Gasteiger partial charge on any atom is 0.296 e. The van der Waals surface area contributed by atoms with E-state index >= 15 is 0 Å². The minimum absolute atomic E-state index is 0.292. The van der Waals surface area contributed by atoms with E-state index in [4.69, 9.17) is 0 Å². The van der Waals surface area contributed by atoms with E-state index in [2.05, 4.69) is 20.5 Å². The summed E-state index contributed by atoms with van der Waals surface area (Å²) in [5.41, 5.74) is -3.32. The van der Waals surface area contributed by atoms with E-state index in [-0.39, 0.29) is 0 Å². The number of azo groups is 2. The van der Waals surface area contributed by atoms with Crippen molar-refractivity contribution in [2.75, 3.05) is 0 Å². The second kappa shape index (κ2) is 11.7. The monoisotopic (exact) mass is 712 g/mol. The summed E-state index contributed by atoms with van der Waals surface area (Å²) in [5.74, 6) is -3.26. The minimum Gasteiger partial charge on any atom is -0.871 e. The lowest BCUT2D eigenvalue weighted by Crippen LogP contribution is -2.07. The molecule has 0 spiro atoms. The van der Waals surface area contributed by atoms with E-state index < -0.39 is 105 Å². The summed E-state index contributed by atoms with van der Waals surface area (Å²) in [5, 5.41) is 38.8. The smallest absolute Gasteiger partial charge is 0.296 e. The quantitative estimate of drug-likeness (QED) is 0.196. The Morgan fingerprint density at radius 3 is 1.20 bits per heavy atom. The molecule has 4 aromatic carbocycles. The minimum atomic E-state index is -5.41. The maximum absolute atomic E-state index is 13.5. The van der Waals surface area contributed by atoms with Gasteiger partial charge in [0.15, 0.2) is 0 Å². The van der Waals surface area contributed by atoms with Crippen LogP contribution in [0.2, 0.25) is 0 Å². The van der Waals surface area contributed by atoms with Crippen molar-refractivity contribution in [1.29, 1.82) is 0 Å². The number of hydrogen-bond acceptors (Lipinski definition) is 16. The Balaban J connectivity index is 2.07. The first-order chi connectivity index (χ1) is 21.0. The molecule has 0 aliphatic rings. The van der Waals surface area contributed by atoms with Crippen molar-refractivity contribution < 1.29 is 62.1 Å². The molecule has 18 nitrogen and oxygen atoms in total. The molecule has 0 fully saturated rings. The van der Waals surface area contributed by atoms with E-state index in [1.165, 1.54) is 26.0 Å². The highest BCUT2D eigenvalue weighted by atomic mass is 32.2. The van der Waals surface area contributed by atoms with Gasteiger partial charge in [-0.1, -0.05) is 23.6 Å². The Labute approximate surface area is 260 Å². The van der Waals surface area contributed by atoms with Crippen molar-refractivity contribution in [2.24, 2.45) is 20.5 Å². The third-order valence-corrected chi connectivity index (χ3v) is 9.52. The van der Waals surface area contributed by atoms with Crippen LogP contribution in [0, 0.1) is 13.8 Å². The fourth-order valence-electron chi connectivity index (χ4n) is 4.03. The van der Waals surface area contributed by atoms with Gasteiger partial charge in [-0.2, -0.15) is 16.8 Å². The Morgan fingerprint density at radius 2 is 0.891 bits per heavy atom. The van der Waals surface area contributed by atoms with Crippen LogP contribution in [0.4, 0.5) is 22.7 Å². The third-order valence-electron chi connectivity index (χ3n) is 6.05. The molecule has 0 amide bonds. The summed E-state index contributed by atoms with van der Waals surface area (Å²) in [6.45, 7) is 2.85. The topological polar surface area (TPSA) is 319 Å². The predicted molar refractivity (Wildman–Crippen MR) is 149 cm³/mol. The number of hydrogen-bond donors (Lipinski definition) is 2. The highest BCUT2D eigenvalue weighted by Crippen LogP contribution is 2.48. The molecule has 0 atom stereocenters. The van der Waals surface area contributed by atoms with Gasteiger partial charge in [0.25, 0.3) is 20.2 Å². The van der Waals surface area contributed by atoms with Crippen molar-refractivity contribution in [2.45, 2.75) is 33.4 Å². The Bertz CT molecular complexity index is 2290. The first kappa shape index (κ1) is 34.5. The van der Waals surface area contributed by atoms with Crippen molar-refractivity contribution in [1.82, 2.24) is 0 Å². The second-order valence-corrected chi connectivity index (χ2v) is 14.9. The molecule has 22 heteroatoms. The fraction of sp³-hybridized carbons (Fsp3) is 0.0833. The van der Waals surface area contributed by atoms with E-state index in [0.29, 0.717) is 23.3 Å². The lowest BCUT2D eigenvalue weighted by atomic mass is 10.1. The number of fused-ring (bicyclic) bond motifs is 1. The van der Waals surface area contributed by atoms with Gasteiger partial charge >= 0.3 is 0 Å². The molecule has 2 N–H and O–H groups in total.